The maximum absolute atomic E-state index is 13.9. The Morgan fingerprint density at radius 2 is 1.66 bits per heavy atom. The fraction of sp³-hybridized carbons (Fsp3) is 0.235. The van der Waals surface area contributed by atoms with Crippen molar-refractivity contribution >= 4 is 16.8 Å². The number of rotatable bonds is 9. The predicted octanol–water partition coefficient (Wildman–Crippen LogP) is 8.59. The third-order valence-electron chi connectivity index (χ3n) is 6.00. The number of benzene rings is 4. The van der Waals surface area contributed by atoms with E-state index in [9.17, 15) is 9.18 Å². The molecule has 5 rings (SSSR count). The Morgan fingerprint density at radius 1 is 0.902 bits per heavy atom. The van der Waals surface area contributed by atoms with Gasteiger partial charge in [0.05, 0.1) is 24.9 Å². The van der Waals surface area contributed by atoms with Crippen LogP contribution in [0.1, 0.15) is 56.1 Å². The van der Waals surface area contributed by atoms with Crippen LogP contribution in [0.5, 0.6) is 5.75 Å². The van der Waals surface area contributed by atoms with Crippen LogP contribution in [0.2, 0.25) is 0 Å². The van der Waals surface area contributed by atoms with Crippen molar-refractivity contribution in [1.29, 1.82) is 0 Å². The van der Waals surface area contributed by atoms with E-state index in [1.165, 1.54) is 17.2 Å². The van der Waals surface area contributed by atoms with Crippen LogP contribution in [0.25, 0.3) is 22.0 Å². The van der Waals surface area contributed by atoms with Crippen LogP contribution in [0.4, 0.5) is 4.39 Å². The van der Waals surface area contributed by atoms with Gasteiger partial charge in [-0.2, -0.15) is 5.10 Å². The molecule has 41 heavy (non-hydrogen) atoms. The Morgan fingerprint density at radius 3 is 2.39 bits per heavy atom. The van der Waals surface area contributed by atoms with Crippen LogP contribution in [0.3, 0.4) is 0 Å². The van der Waals surface area contributed by atoms with Gasteiger partial charge in [0.1, 0.15) is 18.2 Å². The minimum absolute atomic E-state index is 0.209. The normalized spacial score (nSPS) is 10.2. The summed E-state index contributed by atoms with van der Waals surface area (Å²) in [6.07, 6.45) is 1.75. The highest BCUT2D eigenvalue weighted by Gasteiger charge is 2.21. The maximum Gasteiger partial charge on any atom is 0.277 e. The molecule has 0 spiro atoms. The van der Waals surface area contributed by atoms with Gasteiger partial charge < -0.3 is 4.74 Å². The summed E-state index contributed by atoms with van der Waals surface area (Å²) in [5, 5.41) is 9.44. The SMILES string of the molecule is CC.CC.CCOc1cc(C(=O)N(Cc2cccc3cn[nH]c23)OCc2ccccc2)ccc1-c1cccc(F)c1. The Kier molecular flexibility index (Phi) is 12.1. The number of hydrogen-bond donors (Lipinski definition) is 1. The summed E-state index contributed by atoms with van der Waals surface area (Å²) in [6.45, 7) is 10.7. The zero-order chi connectivity index (χ0) is 29.6. The molecule has 214 valence electrons. The maximum atomic E-state index is 13.9. The van der Waals surface area contributed by atoms with Crippen molar-refractivity contribution in [1.82, 2.24) is 15.3 Å². The number of fused-ring (bicyclic) bond motifs is 1. The third kappa shape index (κ3) is 8.02. The average molecular weight is 556 g/mol. The minimum Gasteiger partial charge on any atom is -0.493 e. The van der Waals surface area contributed by atoms with Gasteiger partial charge in [0.2, 0.25) is 0 Å². The molecule has 5 aromatic rings. The van der Waals surface area contributed by atoms with E-state index in [4.69, 9.17) is 9.57 Å². The van der Waals surface area contributed by atoms with Gasteiger partial charge in [-0.3, -0.25) is 14.7 Å². The number of hydrogen-bond acceptors (Lipinski definition) is 4. The molecule has 0 saturated heterocycles. The molecule has 0 unspecified atom stereocenters. The highest BCUT2D eigenvalue weighted by atomic mass is 19.1. The highest BCUT2D eigenvalue weighted by Crippen LogP contribution is 2.32. The zero-order valence-electron chi connectivity index (χ0n) is 24.4. The minimum atomic E-state index is -0.339. The number of nitrogens with one attached hydrogen (secondary N) is 1. The van der Waals surface area contributed by atoms with Gasteiger partial charge in [-0.1, -0.05) is 88.4 Å². The van der Waals surface area contributed by atoms with Crippen LogP contribution >= 0.6 is 0 Å². The topological polar surface area (TPSA) is 67.5 Å². The molecule has 0 bridgehead atoms. The molecular weight excluding hydrogens is 517 g/mol. The molecule has 1 N–H and O–H groups in total. The van der Waals surface area contributed by atoms with Gasteiger partial charge in [-0.05, 0) is 53.9 Å². The number of amides is 1. The second-order valence-corrected chi connectivity index (χ2v) is 8.51. The number of ether oxygens (including phenoxy) is 1. The molecule has 7 heteroatoms. The summed E-state index contributed by atoms with van der Waals surface area (Å²) in [7, 11) is 0. The summed E-state index contributed by atoms with van der Waals surface area (Å²) in [5.41, 5.74) is 4.44. The predicted molar refractivity (Wildman–Crippen MR) is 163 cm³/mol. The first kappa shape index (κ1) is 31.0. The smallest absolute Gasteiger partial charge is 0.277 e. The largest absolute Gasteiger partial charge is 0.493 e. The number of halogens is 1. The zero-order valence-corrected chi connectivity index (χ0v) is 24.4. The monoisotopic (exact) mass is 555 g/mol. The van der Waals surface area contributed by atoms with Gasteiger partial charge in [0.15, 0.2) is 0 Å². The van der Waals surface area contributed by atoms with Crippen molar-refractivity contribution in [3.05, 3.63) is 120 Å². The molecule has 0 saturated carbocycles. The first-order valence-electron chi connectivity index (χ1n) is 14.0. The molecule has 0 aliphatic heterocycles. The first-order chi connectivity index (χ1) is 20.1. The van der Waals surface area contributed by atoms with E-state index in [-0.39, 0.29) is 24.9 Å². The van der Waals surface area contributed by atoms with Gasteiger partial charge in [0.25, 0.3) is 5.91 Å². The van der Waals surface area contributed by atoms with Crippen LogP contribution in [-0.2, 0) is 18.0 Å². The number of aromatic nitrogens is 2. The molecule has 6 nitrogen and oxygen atoms in total. The number of carbonyl (C=O) groups is 1. The summed E-state index contributed by atoms with van der Waals surface area (Å²) in [4.78, 5) is 19.8. The van der Waals surface area contributed by atoms with Crippen molar-refractivity contribution in [3.8, 4) is 16.9 Å². The summed E-state index contributed by atoms with van der Waals surface area (Å²) in [5.74, 6) is -0.162. The Labute approximate surface area is 241 Å². The van der Waals surface area contributed by atoms with E-state index in [0.29, 0.717) is 29.0 Å². The fourth-order valence-electron chi connectivity index (χ4n) is 4.19. The lowest BCUT2D eigenvalue weighted by molar-refractivity contribution is -0.139. The van der Waals surface area contributed by atoms with Crippen molar-refractivity contribution in [3.63, 3.8) is 0 Å². The summed E-state index contributed by atoms with van der Waals surface area (Å²) < 4.78 is 19.7. The van der Waals surface area contributed by atoms with Crippen molar-refractivity contribution in [2.75, 3.05) is 6.61 Å². The van der Waals surface area contributed by atoms with Crippen molar-refractivity contribution in [2.24, 2.45) is 0 Å². The third-order valence-corrected chi connectivity index (χ3v) is 6.00. The lowest BCUT2D eigenvalue weighted by Crippen LogP contribution is -2.31. The van der Waals surface area contributed by atoms with E-state index in [1.807, 2.05) is 89.2 Å². The lowest BCUT2D eigenvalue weighted by atomic mass is 10.0. The molecule has 0 fully saturated rings. The molecule has 0 radical (unpaired) electrons. The van der Waals surface area contributed by atoms with Crippen LogP contribution in [-0.4, -0.2) is 27.8 Å². The molecule has 0 aliphatic rings. The average Bonchev–Trinajstić information content (AvgIpc) is 3.52. The highest BCUT2D eigenvalue weighted by molar-refractivity contribution is 5.95. The number of aromatic amines is 1. The molecule has 0 atom stereocenters. The number of carbonyl (C=O) groups excluding carboxylic acids is 1. The Balaban J connectivity index is 0.00000111. The second kappa shape index (κ2) is 15.9. The van der Waals surface area contributed by atoms with Gasteiger partial charge in [-0.25, -0.2) is 9.45 Å². The van der Waals surface area contributed by atoms with Crippen LogP contribution < -0.4 is 4.74 Å². The van der Waals surface area contributed by atoms with Gasteiger partial charge in [0, 0.05) is 16.5 Å². The van der Waals surface area contributed by atoms with E-state index in [0.717, 1.165) is 22.0 Å². The number of hydroxylamine groups is 2. The Bertz CT molecular complexity index is 1520. The van der Waals surface area contributed by atoms with Gasteiger partial charge >= 0.3 is 0 Å². The van der Waals surface area contributed by atoms with E-state index in [2.05, 4.69) is 10.2 Å². The Hall–Kier alpha value is -4.49. The number of H-pyrrole nitrogens is 1. The number of para-hydroxylation sites is 1. The van der Waals surface area contributed by atoms with Gasteiger partial charge in [-0.15, -0.1) is 0 Å². The molecule has 0 aliphatic carbocycles. The lowest BCUT2D eigenvalue weighted by Gasteiger charge is -2.23. The van der Waals surface area contributed by atoms with Crippen molar-refractivity contribution < 1.29 is 18.8 Å². The number of nitrogens with zero attached hydrogens (tertiary/aromatic N) is 2. The molecular formula is C34H38FN3O3. The standard InChI is InChI=1S/C30H26FN3O3.2C2H6/c1-2-36-28-17-23(14-15-27(28)22-10-7-13-26(31)16-22)30(35)34(37-20-21-8-4-3-5-9-21)19-25-12-6-11-24-18-32-33-29(24)25;2*1-2/h3-18H,2,19-20H2,1H3,(H,32,33);2*1-2H3. The molecule has 1 amide bonds. The van der Waals surface area contributed by atoms with E-state index in [1.54, 1.807) is 30.5 Å². The van der Waals surface area contributed by atoms with Crippen molar-refractivity contribution in [2.45, 2.75) is 47.8 Å². The second-order valence-electron chi connectivity index (χ2n) is 8.51. The summed E-state index contributed by atoms with van der Waals surface area (Å²) in [6, 6.07) is 26.9. The molecule has 4 aromatic carbocycles. The quantitative estimate of drug-likeness (QED) is 0.185. The molecule has 1 aromatic heterocycles. The first-order valence-corrected chi connectivity index (χ1v) is 14.0. The van der Waals surface area contributed by atoms with E-state index >= 15 is 0 Å². The fourth-order valence-corrected chi connectivity index (χ4v) is 4.19. The van der Waals surface area contributed by atoms with Crippen LogP contribution in [0.15, 0.2) is 97.2 Å². The van der Waals surface area contributed by atoms with E-state index < -0.39 is 0 Å². The summed E-state index contributed by atoms with van der Waals surface area (Å²) >= 11 is 0. The van der Waals surface area contributed by atoms with Crippen LogP contribution in [0, 0.1) is 5.82 Å². The molecule has 1 heterocycles.